The van der Waals surface area contributed by atoms with E-state index >= 15 is 0 Å². The summed E-state index contributed by atoms with van der Waals surface area (Å²) in [5, 5.41) is 18.0. The van der Waals surface area contributed by atoms with Crippen LogP contribution in [0.5, 0.6) is 0 Å². The Morgan fingerprint density at radius 2 is 1.93 bits per heavy atom. The van der Waals surface area contributed by atoms with E-state index in [9.17, 15) is 9.90 Å². The molecule has 0 bridgehead atoms. The molecule has 0 spiro atoms. The van der Waals surface area contributed by atoms with E-state index in [2.05, 4.69) is 0 Å². The molecule has 1 aromatic rings. The summed E-state index contributed by atoms with van der Waals surface area (Å²) in [5.74, 6) is -0.898. The molecule has 14 heavy (non-hydrogen) atoms. The minimum Gasteiger partial charge on any atom is -0.481 e. The second kappa shape index (κ2) is 4.24. The number of carbonyl (C=O) groups is 1. The Morgan fingerprint density at radius 3 is 2.36 bits per heavy atom. The van der Waals surface area contributed by atoms with Crippen LogP contribution >= 0.6 is 0 Å². The predicted molar refractivity (Wildman–Crippen MR) is 53.1 cm³/mol. The van der Waals surface area contributed by atoms with Crippen molar-refractivity contribution in [3.63, 3.8) is 0 Å². The lowest BCUT2D eigenvalue weighted by atomic mass is 9.80. The number of hydrogen-bond donors (Lipinski definition) is 2. The van der Waals surface area contributed by atoms with Gasteiger partial charge in [0.15, 0.2) is 0 Å². The van der Waals surface area contributed by atoms with Gasteiger partial charge in [0, 0.05) is 5.41 Å². The molecule has 0 aliphatic rings. The zero-order chi connectivity index (χ0) is 10.6. The SMILES string of the molecule is CC(CO)(CC(=O)O)c1ccccc1. The fourth-order valence-electron chi connectivity index (χ4n) is 1.42. The lowest BCUT2D eigenvalue weighted by Crippen LogP contribution is -2.29. The summed E-state index contributed by atoms with van der Waals surface area (Å²) in [6.07, 6.45) is -0.0620. The van der Waals surface area contributed by atoms with E-state index in [1.807, 2.05) is 30.3 Å². The fraction of sp³-hybridized carbons (Fsp3) is 0.364. The highest BCUT2D eigenvalue weighted by molar-refractivity contribution is 5.69. The molecule has 3 heteroatoms. The normalized spacial score (nSPS) is 14.7. The molecule has 3 nitrogen and oxygen atoms in total. The third kappa shape index (κ3) is 2.33. The van der Waals surface area contributed by atoms with Crippen LogP contribution in [0.15, 0.2) is 30.3 Å². The van der Waals surface area contributed by atoms with Gasteiger partial charge in [0.1, 0.15) is 0 Å². The molecule has 0 aliphatic heterocycles. The Hall–Kier alpha value is -1.35. The van der Waals surface area contributed by atoms with Gasteiger partial charge >= 0.3 is 5.97 Å². The predicted octanol–water partition coefficient (Wildman–Crippen LogP) is 1.41. The van der Waals surface area contributed by atoms with E-state index in [0.717, 1.165) is 5.56 Å². The molecule has 0 fully saturated rings. The summed E-state index contributed by atoms with van der Waals surface area (Å²) in [5.41, 5.74) is 0.164. The molecule has 0 saturated heterocycles. The maximum atomic E-state index is 10.6. The van der Waals surface area contributed by atoms with E-state index in [4.69, 9.17) is 5.11 Å². The fourth-order valence-corrected chi connectivity index (χ4v) is 1.42. The van der Waals surface area contributed by atoms with E-state index in [0.29, 0.717) is 0 Å². The molecule has 76 valence electrons. The molecular weight excluding hydrogens is 180 g/mol. The monoisotopic (exact) mass is 194 g/mol. The summed E-state index contributed by atoms with van der Waals surface area (Å²) < 4.78 is 0. The zero-order valence-corrected chi connectivity index (χ0v) is 8.10. The van der Waals surface area contributed by atoms with Crippen LogP contribution < -0.4 is 0 Å². The van der Waals surface area contributed by atoms with Gasteiger partial charge in [-0.15, -0.1) is 0 Å². The minimum atomic E-state index is -0.898. The summed E-state index contributed by atoms with van der Waals surface area (Å²) >= 11 is 0. The van der Waals surface area contributed by atoms with Crippen LogP contribution in [0.4, 0.5) is 0 Å². The van der Waals surface area contributed by atoms with Crippen LogP contribution in [-0.2, 0) is 10.2 Å². The van der Waals surface area contributed by atoms with Crippen molar-refractivity contribution < 1.29 is 15.0 Å². The first-order chi connectivity index (χ1) is 6.58. The first-order valence-corrected chi connectivity index (χ1v) is 4.47. The highest BCUT2D eigenvalue weighted by Crippen LogP contribution is 2.26. The zero-order valence-electron chi connectivity index (χ0n) is 8.10. The van der Waals surface area contributed by atoms with E-state index in [1.165, 1.54) is 0 Å². The maximum absolute atomic E-state index is 10.6. The molecule has 0 saturated carbocycles. The smallest absolute Gasteiger partial charge is 0.304 e. The second-order valence-corrected chi connectivity index (χ2v) is 3.66. The topological polar surface area (TPSA) is 57.5 Å². The van der Waals surface area contributed by atoms with Crippen molar-refractivity contribution in [3.8, 4) is 0 Å². The van der Waals surface area contributed by atoms with Gasteiger partial charge in [-0.05, 0) is 5.56 Å². The molecule has 1 unspecified atom stereocenters. The van der Waals surface area contributed by atoms with Crippen molar-refractivity contribution in [2.24, 2.45) is 0 Å². The van der Waals surface area contributed by atoms with Gasteiger partial charge in [-0.2, -0.15) is 0 Å². The van der Waals surface area contributed by atoms with Gasteiger partial charge in [0.05, 0.1) is 13.0 Å². The third-order valence-electron chi connectivity index (χ3n) is 2.36. The molecule has 0 amide bonds. The average molecular weight is 194 g/mol. The van der Waals surface area contributed by atoms with Crippen LogP contribution in [0.3, 0.4) is 0 Å². The third-order valence-corrected chi connectivity index (χ3v) is 2.36. The number of hydrogen-bond acceptors (Lipinski definition) is 2. The van der Waals surface area contributed by atoms with E-state index in [1.54, 1.807) is 6.92 Å². The van der Waals surface area contributed by atoms with Crippen molar-refractivity contribution in [1.82, 2.24) is 0 Å². The minimum absolute atomic E-state index is 0.0620. The van der Waals surface area contributed by atoms with Crippen LogP contribution in [0.1, 0.15) is 18.9 Å². The van der Waals surface area contributed by atoms with Gasteiger partial charge < -0.3 is 10.2 Å². The van der Waals surface area contributed by atoms with Crippen molar-refractivity contribution in [1.29, 1.82) is 0 Å². The van der Waals surface area contributed by atoms with Crippen molar-refractivity contribution in [3.05, 3.63) is 35.9 Å². The van der Waals surface area contributed by atoms with Gasteiger partial charge in [-0.3, -0.25) is 4.79 Å². The molecule has 1 rings (SSSR count). The molecule has 1 aromatic carbocycles. The second-order valence-electron chi connectivity index (χ2n) is 3.66. The number of rotatable bonds is 4. The van der Waals surface area contributed by atoms with E-state index < -0.39 is 11.4 Å². The van der Waals surface area contributed by atoms with Crippen molar-refractivity contribution >= 4 is 5.97 Å². The van der Waals surface area contributed by atoms with Gasteiger partial charge in [-0.25, -0.2) is 0 Å². The summed E-state index contributed by atoms with van der Waals surface area (Å²) in [7, 11) is 0. The van der Waals surface area contributed by atoms with E-state index in [-0.39, 0.29) is 13.0 Å². The number of aliphatic hydroxyl groups is 1. The van der Waals surface area contributed by atoms with Gasteiger partial charge in [0.2, 0.25) is 0 Å². The summed E-state index contributed by atoms with van der Waals surface area (Å²) in [6, 6.07) is 9.20. The molecule has 0 aromatic heterocycles. The Balaban J connectivity index is 2.95. The van der Waals surface area contributed by atoms with Gasteiger partial charge in [0.25, 0.3) is 0 Å². The highest BCUT2D eigenvalue weighted by Gasteiger charge is 2.28. The first kappa shape index (κ1) is 10.7. The quantitative estimate of drug-likeness (QED) is 0.762. The number of aliphatic carboxylic acids is 1. The highest BCUT2D eigenvalue weighted by atomic mass is 16.4. The lowest BCUT2D eigenvalue weighted by molar-refractivity contribution is -0.138. The molecule has 0 aliphatic carbocycles. The number of carboxylic acid groups (broad SMARTS) is 1. The average Bonchev–Trinajstić information content (AvgIpc) is 2.18. The Kier molecular flexibility index (Phi) is 3.25. The van der Waals surface area contributed by atoms with Gasteiger partial charge in [-0.1, -0.05) is 37.3 Å². The molecule has 0 radical (unpaired) electrons. The number of carboxylic acids is 1. The lowest BCUT2D eigenvalue weighted by Gasteiger charge is -2.25. The molecule has 0 heterocycles. The first-order valence-electron chi connectivity index (χ1n) is 4.47. The molecular formula is C11H14O3. The number of benzene rings is 1. The largest absolute Gasteiger partial charge is 0.481 e. The summed E-state index contributed by atoms with van der Waals surface area (Å²) in [6.45, 7) is 1.58. The standard InChI is InChI=1S/C11H14O3/c1-11(8-12,7-10(13)14)9-5-3-2-4-6-9/h2-6,12H,7-8H2,1H3,(H,13,14). The Bertz CT molecular complexity index is 308. The van der Waals surface area contributed by atoms with Crippen LogP contribution in [0.2, 0.25) is 0 Å². The Labute approximate surface area is 83.0 Å². The Morgan fingerprint density at radius 1 is 1.36 bits per heavy atom. The van der Waals surface area contributed by atoms with Crippen LogP contribution in [-0.4, -0.2) is 22.8 Å². The molecule has 1 atom stereocenters. The summed E-state index contributed by atoms with van der Waals surface area (Å²) in [4.78, 5) is 10.6. The molecule has 2 N–H and O–H groups in total. The van der Waals surface area contributed by atoms with Crippen molar-refractivity contribution in [2.45, 2.75) is 18.8 Å². The van der Waals surface area contributed by atoms with Crippen molar-refractivity contribution in [2.75, 3.05) is 6.61 Å². The van der Waals surface area contributed by atoms with Crippen LogP contribution in [0.25, 0.3) is 0 Å². The number of aliphatic hydroxyl groups excluding tert-OH is 1. The maximum Gasteiger partial charge on any atom is 0.304 e. The van der Waals surface area contributed by atoms with Crippen LogP contribution in [0, 0.1) is 0 Å².